The van der Waals surface area contributed by atoms with Gasteiger partial charge < -0.3 is 14.6 Å². The number of hydrogen-bond donors (Lipinski definition) is 1. The Morgan fingerprint density at radius 1 is 1.31 bits per heavy atom. The standard InChI is InChI=1S/C20H26N2O3S/c1-14(2)8-10-22-11-9-18(23)20(15(22)3)25-13-19(24)21-16-6-5-7-17(12-16)26-4/h5-7,9,11-12,14H,8,10,13H2,1-4H3,(H,21,24). The van der Waals surface area contributed by atoms with E-state index in [-0.39, 0.29) is 23.7 Å². The number of nitrogens with zero attached hydrogens (tertiary/aromatic N) is 1. The number of pyridine rings is 1. The van der Waals surface area contributed by atoms with Gasteiger partial charge in [-0.25, -0.2) is 0 Å². The Bertz CT molecular complexity index is 815. The highest BCUT2D eigenvalue weighted by molar-refractivity contribution is 7.98. The molecule has 0 radical (unpaired) electrons. The molecule has 1 N–H and O–H groups in total. The summed E-state index contributed by atoms with van der Waals surface area (Å²) in [6.45, 7) is 6.77. The lowest BCUT2D eigenvalue weighted by atomic mass is 10.1. The second-order valence-corrected chi connectivity index (χ2v) is 7.42. The van der Waals surface area contributed by atoms with E-state index < -0.39 is 0 Å². The van der Waals surface area contributed by atoms with E-state index in [2.05, 4.69) is 19.2 Å². The Hall–Kier alpha value is -2.21. The van der Waals surface area contributed by atoms with Crippen LogP contribution in [0.15, 0.2) is 46.2 Å². The average Bonchev–Trinajstić information content (AvgIpc) is 2.61. The van der Waals surface area contributed by atoms with Crippen LogP contribution in [0.25, 0.3) is 0 Å². The molecule has 0 spiro atoms. The molecule has 1 heterocycles. The smallest absolute Gasteiger partial charge is 0.262 e. The molecule has 2 rings (SSSR count). The van der Waals surface area contributed by atoms with Crippen molar-refractivity contribution in [3.05, 3.63) is 52.4 Å². The molecule has 0 bridgehead atoms. The number of carbonyl (C=O) groups is 1. The minimum Gasteiger partial charge on any atom is -0.478 e. The summed E-state index contributed by atoms with van der Waals surface area (Å²) in [6.07, 6.45) is 4.77. The van der Waals surface area contributed by atoms with Crippen molar-refractivity contribution in [3.8, 4) is 5.75 Å². The summed E-state index contributed by atoms with van der Waals surface area (Å²) in [5.74, 6) is 0.518. The summed E-state index contributed by atoms with van der Waals surface area (Å²) in [6, 6.07) is 9.07. The summed E-state index contributed by atoms with van der Waals surface area (Å²) in [5.41, 5.74) is 1.25. The topological polar surface area (TPSA) is 60.3 Å². The van der Waals surface area contributed by atoms with E-state index in [1.54, 1.807) is 18.0 Å². The molecule has 6 heteroatoms. The first-order valence-electron chi connectivity index (χ1n) is 8.67. The monoisotopic (exact) mass is 374 g/mol. The van der Waals surface area contributed by atoms with Crippen molar-refractivity contribution in [1.82, 2.24) is 4.57 Å². The second kappa shape index (κ2) is 9.48. The highest BCUT2D eigenvalue weighted by Gasteiger charge is 2.12. The first kappa shape index (κ1) is 20.1. The van der Waals surface area contributed by atoms with Gasteiger partial charge in [0.15, 0.2) is 12.4 Å². The number of carbonyl (C=O) groups excluding carboxylic acids is 1. The van der Waals surface area contributed by atoms with Crippen LogP contribution in [0.1, 0.15) is 26.0 Å². The lowest BCUT2D eigenvalue weighted by Gasteiger charge is -2.15. The van der Waals surface area contributed by atoms with Gasteiger partial charge in [0.25, 0.3) is 5.91 Å². The van der Waals surface area contributed by atoms with Crippen molar-refractivity contribution < 1.29 is 9.53 Å². The highest BCUT2D eigenvalue weighted by Crippen LogP contribution is 2.19. The molecule has 0 saturated carbocycles. The van der Waals surface area contributed by atoms with E-state index in [0.717, 1.165) is 23.6 Å². The van der Waals surface area contributed by atoms with Gasteiger partial charge in [-0.3, -0.25) is 9.59 Å². The van der Waals surface area contributed by atoms with E-state index in [1.807, 2.05) is 42.0 Å². The second-order valence-electron chi connectivity index (χ2n) is 6.54. The minimum absolute atomic E-state index is 0.201. The normalized spacial score (nSPS) is 10.8. The van der Waals surface area contributed by atoms with Crippen LogP contribution < -0.4 is 15.5 Å². The van der Waals surface area contributed by atoms with Crippen LogP contribution in [-0.4, -0.2) is 23.3 Å². The first-order chi connectivity index (χ1) is 12.4. The van der Waals surface area contributed by atoms with Crippen molar-refractivity contribution >= 4 is 23.4 Å². The van der Waals surface area contributed by atoms with Gasteiger partial charge in [-0.1, -0.05) is 19.9 Å². The van der Waals surface area contributed by atoms with Gasteiger partial charge >= 0.3 is 0 Å². The molecule has 0 unspecified atom stereocenters. The molecule has 0 fully saturated rings. The predicted molar refractivity (Wildman–Crippen MR) is 107 cm³/mol. The third kappa shape index (κ3) is 5.66. The number of amides is 1. The van der Waals surface area contributed by atoms with Gasteiger partial charge in [-0.05, 0) is 43.7 Å². The number of hydrogen-bond acceptors (Lipinski definition) is 4. The fourth-order valence-corrected chi connectivity index (χ4v) is 2.96. The summed E-state index contributed by atoms with van der Waals surface area (Å²) in [7, 11) is 0. The maximum absolute atomic E-state index is 12.2. The minimum atomic E-state index is -0.292. The Kier molecular flexibility index (Phi) is 7.33. The zero-order valence-corrected chi connectivity index (χ0v) is 16.6. The van der Waals surface area contributed by atoms with E-state index >= 15 is 0 Å². The maximum atomic E-state index is 12.2. The molecular weight excluding hydrogens is 348 g/mol. The molecule has 0 saturated heterocycles. The Morgan fingerprint density at radius 2 is 2.08 bits per heavy atom. The molecule has 0 aliphatic rings. The summed E-state index contributed by atoms with van der Waals surface area (Å²) < 4.78 is 7.55. The molecule has 0 aliphatic carbocycles. The van der Waals surface area contributed by atoms with Crippen molar-refractivity contribution in [3.63, 3.8) is 0 Å². The van der Waals surface area contributed by atoms with E-state index in [1.165, 1.54) is 6.07 Å². The molecule has 26 heavy (non-hydrogen) atoms. The lowest BCUT2D eigenvalue weighted by Crippen LogP contribution is -2.23. The lowest BCUT2D eigenvalue weighted by molar-refractivity contribution is -0.118. The predicted octanol–water partition coefficient (Wildman–Crippen LogP) is 3.94. The molecule has 1 aromatic heterocycles. The van der Waals surface area contributed by atoms with Gasteiger partial charge in [0.2, 0.25) is 5.43 Å². The number of benzene rings is 1. The molecule has 5 nitrogen and oxygen atoms in total. The van der Waals surface area contributed by atoms with Crippen LogP contribution in [0.4, 0.5) is 5.69 Å². The summed E-state index contributed by atoms with van der Waals surface area (Å²) in [4.78, 5) is 25.3. The number of aryl methyl sites for hydroxylation is 1. The van der Waals surface area contributed by atoms with Crippen molar-refractivity contribution in [1.29, 1.82) is 0 Å². The van der Waals surface area contributed by atoms with Crippen LogP contribution in [0, 0.1) is 12.8 Å². The first-order valence-corrected chi connectivity index (χ1v) is 9.90. The van der Waals surface area contributed by atoms with Gasteiger partial charge in [0.05, 0.1) is 5.69 Å². The fourth-order valence-electron chi connectivity index (χ4n) is 2.50. The summed E-state index contributed by atoms with van der Waals surface area (Å²) >= 11 is 1.61. The van der Waals surface area contributed by atoms with E-state index in [9.17, 15) is 9.59 Å². The molecule has 1 aromatic carbocycles. The number of nitrogens with one attached hydrogen (secondary N) is 1. The molecule has 140 valence electrons. The van der Waals surface area contributed by atoms with Gasteiger partial charge in [-0.2, -0.15) is 0 Å². The Labute approximate surface area is 158 Å². The third-order valence-electron chi connectivity index (χ3n) is 4.04. The van der Waals surface area contributed by atoms with Crippen molar-refractivity contribution in [2.45, 2.75) is 38.6 Å². The van der Waals surface area contributed by atoms with E-state index in [0.29, 0.717) is 11.6 Å². The van der Waals surface area contributed by atoms with Gasteiger partial charge in [0.1, 0.15) is 0 Å². The Morgan fingerprint density at radius 3 is 2.77 bits per heavy atom. The number of ether oxygens (including phenoxy) is 1. The van der Waals surface area contributed by atoms with Gasteiger partial charge in [0, 0.05) is 29.4 Å². The van der Waals surface area contributed by atoms with Crippen LogP contribution in [-0.2, 0) is 11.3 Å². The Balaban J connectivity index is 2.02. The third-order valence-corrected chi connectivity index (χ3v) is 4.76. The van der Waals surface area contributed by atoms with E-state index in [4.69, 9.17) is 4.74 Å². The number of thioether (sulfide) groups is 1. The summed E-state index contributed by atoms with van der Waals surface area (Å²) in [5, 5.41) is 2.79. The van der Waals surface area contributed by atoms with Crippen molar-refractivity contribution in [2.75, 3.05) is 18.2 Å². The molecule has 0 atom stereocenters. The number of rotatable bonds is 8. The largest absolute Gasteiger partial charge is 0.478 e. The molecule has 2 aromatic rings. The molecule has 0 aliphatic heterocycles. The van der Waals surface area contributed by atoms with Crippen LogP contribution in [0.5, 0.6) is 5.75 Å². The van der Waals surface area contributed by atoms with Crippen molar-refractivity contribution in [2.24, 2.45) is 5.92 Å². The van der Waals surface area contributed by atoms with Crippen LogP contribution in [0.3, 0.4) is 0 Å². The number of anilines is 1. The fraction of sp³-hybridized carbons (Fsp3) is 0.400. The zero-order valence-electron chi connectivity index (χ0n) is 15.7. The van der Waals surface area contributed by atoms with Crippen LogP contribution >= 0.6 is 11.8 Å². The molecule has 1 amide bonds. The van der Waals surface area contributed by atoms with Gasteiger partial charge in [-0.15, -0.1) is 11.8 Å². The average molecular weight is 375 g/mol. The molecular formula is C20H26N2O3S. The van der Waals surface area contributed by atoms with Crippen LogP contribution in [0.2, 0.25) is 0 Å². The highest BCUT2D eigenvalue weighted by atomic mass is 32.2. The SMILES string of the molecule is CSc1cccc(NC(=O)COc2c(C)n(CCC(C)C)ccc2=O)c1. The zero-order chi connectivity index (χ0) is 19.1. The number of aromatic nitrogens is 1. The quantitative estimate of drug-likeness (QED) is 0.711. The maximum Gasteiger partial charge on any atom is 0.262 e.